The molecule has 17 heavy (non-hydrogen) atoms. The quantitative estimate of drug-likeness (QED) is 0.806. The van der Waals surface area contributed by atoms with Crippen molar-refractivity contribution in [2.75, 3.05) is 6.61 Å². The molecule has 1 aromatic carbocycles. The predicted octanol–water partition coefficient (Wildman–Crippen LogP) is 3.89. The molecule has 1 heterocycles. The highest BCUT2D eigenvalue weighted by molar-refractivity contribution is 9.10. The van der Waals surface area contributed by atoms with Crippen LogP contribution in [0.4, 0.5) is 0 Å². The second-order valence-corrected chi connectivity index (χ2v) is 4.25. The number of esters is 1. The van der Waals surface area contributed by atoms with Crippen LogP contribution in [0.3, 0.4) is 0 Å². The standard InChI is InChI=1S/C13H11BrO3/c1-2-16-13(15)9-5-6-10(11(14)8-9)12-4-3-7-17-12/h3-8H,2H2,1H3. The molecule has 0 radical (unpaired) electrons. The van der Waals surface area contributed by atoms with Crippen molar-refractivity contribution in [1.29, 1.82) is 0 Å². The first-order chi connectivity index (χ1) is 8.22. The molecule has 2 aromatic rings. The van der Waals surface area contributed by atoms with E-state index in [0.29, 0.717) is 12.2 Å². The van der Waals surface area contributed by atoms with Crippen LogP contribution in [0.1, 0.15) is 17.3 Å². The zero-order valence-electron chi connectivity index (χ0n) is 9.27. The van der Waals surface area contributed by atoms with Crippen molar-refractivity contribution in [3.8, 4) is 11.3 Å². The van der Waals surface area contributed by atoms with Gasteiger partial charge in [0.1, 0.15) is 5.76 Å². The summed E-state index contributed by atoms with van der Waals surface area (Å²) in [4.78, 5) is 11.5. The highest BCUT2D eigenvalue weighted by atomic mass is 79.9. The van der Waals surface area contributed by atoms with E-state index < -0.39 is 0 Å². The molecule has 0 aliphatic heterocycles. The van der Waals surface area contributed by atoms with Gasteiger partial charge >= 0.3 is 5.97 Å². The van der Waals surface area contributed by atoms with Gasteiger partial charge in [-0.2, -0.15) is 0 Å². The van der Waals surface area contributed by atoms with E-state index in [1.165, 1.54) is 0 Å². The Morgan fingerprint density at radius 3 is 2.82 bits per heavy atom. The second kappa shape index (κ2) is 5.19. The first-order valence-corrected chi connectivity index (χ1v) is 6.02. The van der Waals surface area contributed by atoms with Gasteiger partial charge < -0.3 is 9.15 Å². The summed E-state index contributed by atoms with van der Waals surface area (Å²) in [5, 5.41) is 0. The number of hydrogen-bond donors (Lipinski definition) is 0. The molecule has 0 saturated carbocycles. The lowest BCUT2D eigenvalue weighted by Gasteiger charge is -2.05. The zero-order chi connectivity index (χ0) is 12.3. The number of rotatable bonds is 3. The number of hydrogen-bond acceptors (Lipinski definition) is 3. The number of carbonyl (C=O) groups excluding carboxylic acids is 1. The molecular formula is C13H11BrO3. The summed E-state index contributed by atoms with van der Waals surface area (Å²) >= 11 is 3.42. The van der Waals surface area contributed by atoms with Crippen molar-refractivity contribution in [1.82, 2.24) is 0 Å². The van der Waals surface area contributed by atoms with E-state index in [1.807, 2.05) is 18.2 Å². The lowest BCUT2D eigenvalue weighted by atomic mass is 10.1. The summed E-state index contributed by atoms with van der Waals surface area (Å²) in [6.07, 6.45) is 1.61. The third-order valence-electron chi connectivity index (χ3n) is 2.27. The van der Waals surface area contributed by atoms with E-state index in [-0.39, 0.29) is 5.97 Å². The number of benzene rings is 1. The predicted molar refractivity (Wildman–Crippen MR) is 67.8 cm³/mol. The van der Waals surface area contributed by atoms with Gasteiger partial charge in [-0.15, -0.1) is 0 Å². The van der Waals surface area contributed by atoms with Crippen molar-refractivity contribution in [3.63, 3.8) is 0 Å². The fourth-order valence-electron chi connectivity index (χ4n) is 1.49. The third-order valence-corrected chi connectivity index (χ3v) is 2.92. The van der Waals surface area contributed by atoms with Gasteiger partial charge in [0.15, 0.2) is 0 Å². The molecule has 0 fully saturated rings. The molecule has 3 nitrogen and oxygen atoms in total. The smallest absolute Gasteiger partial charge is 0.338 e. The van der Waals surface area contributed by atoms with Gasteiger partial charge in [-0.3, -0.25) is 0 Å². The summed E-state index contributed by atoms with van der Waals surface area (Å²) in [5.41, 5.74) is 1.43. The van der Waals surface area contributed by atoms with E-state index in [1.54, 1.807) is 25.3 Å². The maximum Gasteiger partial charge on any atom is 0.338 e. The summed E-state index contributed by atoms with van der Waals surface area (Å²) in [6.45, 7) is 2.15. The number of halogens is 1. The van der Waals surface area contributed by atoms with Gasteiger partial charge in [-0.25, -0.2) is 4.79 Å². The van der Waals surface area contributed by atoms with Gasteiger partial charge in [-0.05, 0) is 37.3 Å². The minimum Gasteiger partial charge on any atom is -0.464 e. The van der Waals surface area contributed by atoms with Gasteiger partial charge in [0.25, 0.3) is 0 Å². The first-order valence-electron chi connectivity index (χ1n) is 5.23. The monoisotopic (exact) mass is 294 g/mol. The average Bonchev–Trinajstić information content (AvgIpc) is 2.82. The minimum absolute atomic E-state index is 0.320. The first kappa shape index (κ1) is 11.9. The van der Waals surface area contributed by atoms with Crippen LogP contribution in [0.5, 0.6) is 0 Å². The Hall–Kier alpha value is -1.55. The van der Waals surface area contributed by atoms with Crippen LogP contribution in [0.25, 0.3) is 11.3 Å². The van der Waals surface area contributed by atoms with Crippen LogP contribution >= 0.6 is 15.9 Å². The molecule has 0 aliphatic carbocycles. The Balaban J connectivity index is 2.32. The molecule has 88 valence electrons. The Labute approximate surface area is 108 Å². The SMILES string of the molecule is CCOC(=O)c1ccc(-c2ccco2)c(Br)c1. The second-order valence-electron chi connectivity index (χ2n) is 3.39. The zero-order valence-corrected chi connectivity index (χ0v) is 10.9. The third kappa shape index (κ3) is 2.58. The highest BCUT2D eigenvalue weighted by Crippen LogP contribution is 2.29. The van der Waals surface area contributed by atoms with Gasteiger partial charge in [-0.1, -0.05) is 15.9 Å². The van der Waals surface area contributed by atoms with Crippen molar-refractivity contribution in [2.24, 2.45) is 0 Å². The van der Waals surface area contributed by atoms with E-state index >= 15 is 0 Å². The van der Waals surface area contributed by atoms with Gasteiger partial charge in [0.05, 0.1) is 18.4 Å². The summed E-state index contributed by atoms with van der Waals surface area (Å²) in [5.74, 6) is 0.437. The van der Waals surface area contributed by atoms with Crippen LogP contribution < -0.4 is 0 Å². The molecule has 0 amide bonds. The van der Waals surface area contributed by atoms with Crippen molar-refractivity contribution in [3.05, 3.63) is 46.6 Å². The average molecular weight is 295 g/mol. The summed E-state index contributed by atoms with van der Waals surface area (Å²) < 4.78 is 11.0. The Morgan fingerprint density at radius 1 is 1.41 bits per heavy atom. The van der Waals surface area contributed by atoms with Crippen LogP contribution in [0.15, 0.2) is 45.5 Å². The molecule has 1 aromatic heterocycles. The Kier molecular flexibility index (Phi) is 3.64. The highest BCUT2D eigenvalue weighted by Gasteiger charge is 2.11. The fourth-order valence-corrected chi connectivity index (χ4v) is 2.06. The van der Waals surface area contributed by atoms with Crippen molar-refractivity contribution < 1.29 is 13.9 Å². The maximum absolute atomic E-state index is 11.5. The molecule has 0 unspecified atom stereocenters. The lowest BCUT2D eigenvalue weighted by molar-refractivity contribution is 0.0526. The molecule has 0 atom stereocenters. The van der Waals surface area contributed by atoms with Crippen LogP contribution in [0, 0.1) is 0 Å². The summed E-state index contributed by atoms with van der Waals surface area (Å²) in [6, 6.07) is 8.97. The number of carbonyl (C=O) groups is 1. The minimum atomic E-state index is -0.320. The van der Waals surface area contributed by atoms with E-state index in [4.69, 9.17) is 9.15 Å². The van der Waals surface area contributed by atoms with Crippen LogP contribution in [-0.4, -0.2) is 12.6 Å². The summed E-state index contributed by atoms with van der Waals surface area (Å²) in [7, 11) is 0. The van der Waals surface area contributed by atoms with Crippen molar-refractivity contribution in [2.45, 2.75) is 6.92 Å². The molecule has 0 N–H and O–H groups in total. The van der Waals surface area contributed by atoms with E-state index in [2.05, 4.69) is 15.9 Å². The molecule has 0 spiro atoms. The molecule has 0 bridgehead atoms. The molecule has 4 heteroatoms. The fraction of sp³-hybridized carbons (Fsp3) is 0.154. The van der Waals surface area contributed by atoms with Crippen LogP contribution in [0.2, 0.25) is 0 Å². The Bertz CT molecular complexity index is 517. The van der Waals surface area contributed by atoms with Crippen molar-refractivity contribution >= 4 is 21.9 Å². The number of ether oxygens (including phenoxy) is 1. The normalized spacial score (nSPS) is 10.2. The lowest BCUT2D eigenvalue weighted by Crippen LogP contribution is -2.04. The molecule has 0 saturated heterocycles. The molecule has 0 aliphatic rings. The topological polar surface area (TPSA) is 39.4 Å². The van der Waals surface area contributed by atoms with Gasteiger partial charge in [0.2, 0.25) is 0 Å². The molecular weight excluding hydrogens is 284 g/mol. The number of furan rings is 1. The largest absolute Gasteiger partial charge is 0.464 e. The van der Waals surface area contributed by atoms with Gasteiger partial charge in [0, 0.05) is 10.0 Å². The Morgan fingerprint density at radius 2 is 2.24 bits per heavy atom. The molecule has 2 rings (SSSR count). The maximum atomic E-state index is 11.5. The van der Waals surface area contributed by atoms with E-state index in [9.17, 15) is 4.79 Å². The van der Waals surface area contributed by atoms with E-state index in [0.717, 1.165) is 15.8 Å². The van der Waals surface area contributed by atoms with Crippen LogP contribution in [-0.2, 0) is 4.74 Å².